The van der Waals surface area contributed by atoms with Crippen LogP contribution in [0.2, 0.25) is 5.15 Å². The van der Waals surface area contributed by atoms with Crippen LogP contribution in [-0.2, 0) is 13.0 Å². The van der Waals surface area contributed by atoms with E-state index in [0.717, 1.165) is 11.1 Å². The first-order chi connectivity index (χ1) is 11.5. The number of aromatic carboxylic acids is 1. The van der Waals surface area contributed by atoms with Gasteiger partial charge in [0, 0.05) is 24.3 Å². The van der Waals surface area contributed by atoms with Crippen LogP contribution in [0.15, 0.2) is 36.5 Å². The fourth-order valence-corrected chi connectivity index (χ4v) is 2.65. The van der Waals surface area contributed by atoms with E-state index in [0.29, 0.717) is 30.5 Å². The standard InChI is InChI=1S/C18H21ClN2O3/c1-3-24-16-13(6-4-8-15(16)18(22)23)10-12(2)21-11-14-7-5-9-20-17(14)19/h4-9,12,21H,3,10-11H2,1-2H3,(H,22,23). The Morgan fingerprint density at radius 3 is 2.75 bits per heavy atom. The highest BCUT2D eigenvalue weighted by Crippen LogP contribution is 2.25. The monoisotopic (exact) mass is 348 g/mol. The molecule has 1 heterocycles. The van der Waals surface area contributed by atoms with E-state index in [9.17, 15) is 9.90 Å². The third-order valence-electron chi connectivity index (χ3n) is 3.62. The summed E-state index contributed by atoms with van der Waals surface area (Å²) in [7, 11) is 0. The van der Waals surface area contributed by atoms with E-state index in [1.807, 2.05) is 32.0 Å². The van der Waals surface area contributed by atoms with Gasteiger partial charge in [-0.3, -0.25) is 0 Å². The lowest BCUT2D eigenvalue weighted by atomic mass is 10.0. The van der Waals surface area contributed by atoms with Gasteiger partial charge in [0.2, 0.25) is 0 Å². The largest absolute Gasteiger partial charge is 0.493 e. The summed E-state index contributed by atoms with van der Waals surface area (Å²) >= 11 is 6.05. The van der Waals surface area contributed by atoms with Gasteiger partial charge in [-0.25, -0.2) is 9.78 Å². The second-order valence-corrected chi connectivity index (χ2v) is 5.83. The quantitative estimate of drug-likeness (QED) is 0.714. The first-order valence-corrected chi connectivity index (χ1v) is 8.21. The maximum absolute atomic E-state index is 11.4. The number of halogens is 1. The molecule has 24 heavy (non-hydrogen) atoms. The molecule has 0 amide bonds. The highest BCUT2D eigenvalue weighted by molar-refractivity contribution is 6.30. The summed E-state index contributed by atoms with van der Waals surface area (Å²) in [6.45, 7) is 4.89. The van der Waals surface area contributed by atoms with Crippen LogP contribution in [0.4, 0.5) is 0 Å². The fraction of sp³-hybridized carbons (Fsp3) is 0.333. The van der Waals surface area contributed by atoms with Crippen LogP contribution >= 0.6 is 11.6 Å². The predicted octanol–water partition coefficient (Wildman–Crippen LogP) is 3.55. The Morgan fingerprint density at radius 2 is 2.08 bits per heavy atom. The first kappa shape index (κ1) is 18.2. The second kappa shape index (κ2) is 8.66. The van der Waals surface area contributed by atoms with Gasteiger partial charge in [0.1, 0.15) is 16.5 Å². The van der Waals surface area contributed by atoms with Crippen LogP contribution in [0.1, 0.15) is 35.3 Å². The molecule has 2 rings (SSSR count). The zero-order valence-corrected chi connectivity index (χ0v) is 14.5. The minimum atomic E-state index is -0.983. The summed E-state index contributed by atoms with van der Waals surface area (Å²) in [6, 6.07) is 9.08. The summed E-state index contributed by atoms with van der Waals surface area (Å²) in [4.78, 5) is 15.4. The third-order valence-corrected chi connectivity index (χ3v) is 3.96. The number of carboxylic acids is 1. The van der Waals surface area contributed by atoms with Gasteiger partial charge in [-0.1, -0.05) is 29.8 Å². The van der Waals surface area contributed by atoms with Crippen LogP contribution in [0.3, 0.4) is 0 Å². The summed E-state index contributed by atoms with van der Waals surface area (Å²) in [5, 5.41) is 13.2. The van der Waals surface area contributed by atoms with Gasteiger partial charge >= 0.3 is 5.97 Å². The van der Waals surface area contributed by atoms with Gasteiger partial charge in [0.15, 0.2) is 0 Å². The van der Waals surface area contributed by atoms with E-state index in [4.69, 9.17) is 16.3 Å². The summed E-state index contributed by atoms with van der Waals surface area (Å²) < 4.78 is 5.57. The van der Waals surface area contributed by atoms with Crippen molar-refractivity contribution in [2.45, 2.75) is 32.9 Å². The Balaban J connectivity index is 2.08. The Hall–Kier alpha value is -2.11. The molecule has 0 aliphatic carbocycles. The van der Waals surface area contributed by atoms with Crippen molar-refractivity contribution in [3.05, 3.63) is 58.4 Å². The predicted molar refractivity (Wildman–Crippen MR) is 93.8 cm³/mol. The molecule has 1 unspecified atom stereocenters. The molecule has 1 aromatic carbocycles. The number of hydrogen-bond donors (Lipinski definition) is 2. The van der Waals surface area contributed by atoms with Crippen molar-refractivity contribution in [1.29, 1.82) is 0 Å². The molecule has 0 bridgehead atoms. The highest BCUT2D eigenvalue weighted by atomic mass is 35.5. The van der Waals surface area contributed by atoms with Crippen LogP contribution in [-0.4, -0.2) is 28.7 Å². The van der Waals surface area contributed by atoms with Gasteiger partial charge in [0.25, 0.3) is 0 Å². The van der Waals surface area contributed by atoms with Crippen molar-refractivity contribution in [3.63, 3.8) is 0 Å². The number of carbonyl (C=O) groups is 1. The maximum Gasteiger partial charge on any atom is 0.339 e. The normalized spacial score (nSPS) is 12.0. The number of benzene rings is 1. The molecular formula is C18H21ClN2O3. The average molecular weight is 349 g/mol. The molecule has 0 radical (unpaired) electrons. The first-order valence-electron chi connectivity index (χ1n) is 7.83. The molecule has 0 aliphatic rings. The van der Waals surface area contributed by atoms with Crippen LogP contribution in [0.5, 0.6) is 5.75 Å². The highest BCUT2D eigenvalue weighted by Gasteiger charge is 2.17. The summed E-state index contributed by atoms with van der Waals surface area (Å²) in [6.07, 6.45) is 2.30. The molecule has 128 valence electrons. The number of rotatable bonds is 8. The van der Waals surface area contributed by atoms with Crippen molar-refractivity contribution >= 4 is 17.6 Å². The summed E-state index contributed by atoms with van der Waals surface area (Å²) in [5.41, 5.74) is 1.99. The molecule has 1 atom stereocenters. The number of para-hydroxylation sites is 1. The Morgan fingerprint density at radius 1 is 1.33 bits per heavy atom. The lowest BCUT2D eigenvalue weighted by Gasteiger charge is -2.18. The Labute approximate surface area is 146 Å². The SMILES string of the molecule is CCOc1c(CC(C)NCc2cccnc2Cl)cccc1C(=O)O. The third kappa shape index (κ3) is 4.69. The van der Waals surface area contributed by atoms with E-state index in [1.54, 1.807) is 18.3 Å². The fourth-order valence-electron chi connectivity index (χ4n) is 2.47. The van der Waals surface area contributed by atoms with Crippen molar-refractivity contribution in [2.24, 2.45) is 0 Å². The van der Waals surface area contributed by atoms with E-state index in [-0.39, 0.29) is 11.6 Å². The molecule has 1 aromatic heterocycles. The number of ether oxygens (including phenoxy) is 1. The second-order valence-electron chi connectivity index (χ2n) is 5.47. The molecule has 0 fully saturated rings. The van der Waals surface area contributed by atoms with Gasteiger partial charge in [-0.15, -0.1) is 0 Å². The average Bonchev–Trinajstić information content (AvgIpc) is 2.55. The van der Waals surface area contributed by atoms with E-state index in [1.165, 1.54) is 0 Å². The van der Waals surface area contributed by atoms with Gasteiger partial charge in [0.05, 0.1) is 6.61 Å². The Kier molecular flexibility index (Phi) is 6.58. The molecule has 2 N–H and O–H groups in total. The van der Waals surface area contributed by atoms with Gasteiger partial charge in [-0.2, -0.15) is 0 Å². The van der Waals surface area contributed by atoms with Crippen molar-refractivity contribution in [2.75, 3.05) is 6.61 Å². The molecule has 6 heteroatoms. The molecule has 0 saturated carbocycles. The van der Waals surface area contributed by atoms with E-state index in [2.05, 4.69) is 10.3 Å². The molecule has 0 aliphatic heterocycles. The van der Waals surface area contributed by atoms with Crippen molar-refractivity contribution in [1.82, 2.24) is 10.3 Å². The van der Waals surface area contributed by atoms with Crippen LogP contribution in [0, 0.1) is 0 Å². The minimum absolute atomic E-state index is 0.115. The van der Waals surface area contributed by atoms with E-state index < -0.39 is 5.97 Å². The number of carboxylic acid groups (broad SMARTS) is 1. The molecule has 5 nitrogen and oxygen atoms in total. The number of nitrogens with zero attached hydrogens (tertiary/aromatic N) is 1. The number of aromatic nitrogens is 1. The summed E-state index contributed by atoms with van der Waals surface area (Å²) in [5.74, 6) is -0.538. The smallest absolute Gasteiger partial charge is 0.339 e. The molecule has 0 saturated heterocycles. The maximum atomic E-state index is 11.4. The van der Waals surface area contributed by atoms with Crippen molar-refractivity contribution < 1.29 is 14.6 Å². The molecule has 2 aromatic rings. The number of hydrogen-bond acceptors (Lipinski definition) is 4. The Bertz CT molecular complexity index is 706. The van der Waals surface area contributed by atoms with Crippen LogP contribution in [0.25, 0.3) is 0 Å². The zero-order chi connectivity index (χ0) is 17.5. The van der Waals surface area contributed by atoms with Gasteiger partial charge in [-0.05, 0) is 38.0 Å². The lowest BCUT2D eigenvalue weighted by Crippen LogP contribution is -2.28. The van der Waals surface area contributed by atoms with Crippen LogP contribution < -0.4 is 10.1 Å². The van der Waals surface area contributed by atoms with Crippen molar-refractivity contribution in [3.8, 4) is 5.75 Å². The lowest BCUT2D eigenvalue weighted by molar-refractivity contribution is 0.0692. The number of pyridine rings is 1. The molecule has 0 spiro atoms. The zero-order valence-electron chi connectivity index (χ0n) is 13.8. The number of nitrogens with one attached hydrogen (secondary N) is 1. The molecular weight excluding hydrogens is 328 g/mol. The van der Waals surface area contributed by atoms with Gasteiger partial charge < -0.3 is 15.2 Å². The minimum Gasteiger partial charge on any atom is -0.493 e. The van der Waals surface area contributed by atoms with E-state index >= 15 is 0 Å². The topological polar surface area (TPSA) is 71.5 Å².